The van der Waals surface area contributed by atoms with Crippen molar-refractivity contribution in [1.29, 1.82) is 0 Å². The van der Waals surface area contributed by atoms with Crippen LogP contribution in [0.25, 0.3) is 10.9 Å². The number of benzene rings is 1. The van der Waals surface area contributed by atoms with Crippen LogP contribution in [0.1, 0.15) is 16.2 Å². The number of methoxy groups -OCH3 is 1. The van der Waals surface area contributed by atoms with Gasteiger partial charge in [0.1, 0.15) is 17.2 Å². The zero-order valence-electron chi connectivity index (χ0n) is 11.9. The van der Waals surface area contributed by atoms with Crippen molar-refractivity contribution in [2.45, 2.75) is 6.54 Å². The van der Waals surface area contributed by atoms with Crippen molar-refractivity contribution in [2.75, 3.05) is 7.11 Å². The van der Waals surface area contributed by atoms with E-state index in [1.54, 1.807) is 19.4 Å². The SMILES string of the molecule is COc1ccc2cc(C(=O)NCc3ccco3)n(C)c2c1. The molecule has 0 aliphatic rings. The van der Waals surface area contributed by atoms with E-state index in [4.69, 9.17) is 9.15 Å². The summed E-state index contributed by atoms with van der Waals surface area (Å²) in [5.41, 5.74) is 1.56. The lowest BCUT2D eigenvalue weighted by Crippen LogP contribution is -2.24. The number of furan rings is 1. The van der Waals surface area contributed by atoms with Gasteiger partial charge in [-0.3, -0.25) is 4.79 Å². The highest BCUT2D eigenvalue weighted by Crippen LogP contribution is 2.23. The number of hydrogen-bond donors (Lipinski definition) is 1. The first-order chi connectivity index (χ1) is 10.2. The molecule has 0 spiro atoms. The number of rotatable bonds is 4. The molecule has 0 atom stereocenters. The number of fused-ring (bicyclic) bond motifs is 1. The van der Waals surface area contributed by atoms with Gasteiger partial charge in [-0.1, -0.05) is 0 Å². The third-order valence-corrected chi connectivity index (χ3v) is 3.49. The van der Waals surface area contributed by atoms with Gasteiger partial charge in [0, 0.05) is 18.5 Å². The topological polar surface area (TPSA) is 56.4 Å². The van der Waals surface area contributed by atoms with Gasteiger partial charge in [-0.25, -0.2) is 0 Å². The van der Waals surface area contributed by atoms with Gasteiger partial charge in [0.15, 0.2) is 0 Å². The quantitative estimate of drug-likeness (QED) is 0.801. The van der Waals surface area contributed by atoms with Crippen molar-refractivity contribution in [3.63, 3.8) is 0 Å². The van der Waals surface area contributed by atoms with Gasteiger partial charge in [0.05, 0.1) is 25.4 Å². The Kier molecular flexibility index (Phi) is 3.39. The normalized spacial score (nSPS) is 10.8. The molecule has 5 heteroatoms. The lowest BCUT2D eigenvalue weighted by atomic mass is 10.2. The first-order valence-electron chi connectivity index (χ1n) is 6.63. The lowest BCUT2D eigenvalue weighted by Gasteiger charge is -2.05. The first-order valence-corrected chi connectivity index (χ1v) is 6.63. The van der Waals surface area contributed by atoms with Crippen LogP contribution < -0.4 is 10.1 Å². The highest BCUT2D eigenvalue weighted by atomic mass is 16.5. The van der Waals surface area contributed by atoms with E-state index in [0.717, 1.165) is 22.4 Å². The minimum Gasteiger partial charge on any atom is -0.497 e. The molecule has 0 bridgehead atoms. The summed E-state index contributed by atoms with van der Waals surface area (Å²) in [6.45, 7) is 0.372. The van der Waals surface area contributed by atoms with E-state index in [2.05, 4.69) is 5.32 Å². The van der Waals surface area contributed by atoms with E-state index in [9.17, 15) is 4.79 Å². The molecule has 1 N–H and O–H groups in total. The van der Waals surface area contributed by atoms with E-state index < -0.39 is 0 Å². The summed E-state index contributed by atoms with van der Waals surface area (Å²) in [5.74, 6) is 1.36. The van der Waals surface area contributed by atoms with Crippen molar-refractivity contribution in [3.05, 3.63) is 54.1 Å². The van der Waals surface area contributed by atoms with Crippen LogP contribution in [-0.4, -0.2) is 17.6 Å². The average Bonchev–Trinajstić information content (AvgIpc) is 3.13. The van der Waals surface area contributed by atoms with Gasteiger partial charge in [0.25, 0.3) is 5.91 Å². The summed E-state index contributed by atoms with van der Waals surface area (Å²) in [4.78, 5) is 12.3. The van der Waals surface area contributed by atoms with Crippen molar-refractivity contribution < 1.29 is 13.9 Å². The summed E-state index contributed by atoms with van der Waals surface area (Å²) in [7, 11) is 3.49. The Bertz CT molecular complexity index is 772. The smallest absolute Gasteiger partial charge is 0.268 e. The Morgan fingerprint density at radius 1 is 1.33 bits per heavy atom. The highest BCUT2D eigenvalue weighted by molar-refractivity contribution is 5.98. The third kappa shape index (κ3) is 2.50. The number of nitrogens with zero attached hydrogens (tertiary/aromatic N) is 1. The van der Waals surface area contributed by atoms with Crippen LogP contribution in [0.4, 0.5) is 0 Å². The number of carbonyl (C=O) groups is 1. The number of aryl methyl sites for hydroxylation is 1. The first kappa shape index (κ1) is 13.3. The van der Waals surface area contributed by atoms with Crippen molar-refractivity contribution in [3.8, 4) is 5.75 Å². The molecule has 0 saturated heterocycles. The van der Waals surface area contributed by atoms with Crippen LogP contribution in [-0.2, 0) is 13.6 Å². The number of nitrogens with one attached hydrogen (secondary N) is 1. The number of ether oxygens (including phenoxy) is 1. The van der Waals surface area contributed by atoms with Crippen molar-refractivity contribution in [2.24, 2.45) is 7.05 Å². The Labute approximate surface area is 122 Å². The third-order valence-electron chi connectivity index (χ3n) is 3.49. The lowest BCUT2D eigenvalue weighted by molar-refractivity contribution is 0.0940. The fourth-order valence-corrected chi connectivity index (χ4v) is 2.33. The largest absolute Gasteiger partial charge is 0.497 e. The summed E-state index contributed by atoms with van der Waals surface area (Å²) in [5, 5.41) is 3.85. The van der Waals surface area contributed by atoms with Gasteiger partial charge in [-0.15, -0.1) is 0 Å². The number of aromatic nitrogens is 1. The maximum Gasteiger partial charge on any atom is 0.268 e. The molecule has 3 aromatic rings. The van der Waals surface area contributed by atoms with Gasteiger partial charge < -0.3 is 19.0 Å². The molecule has 2 heterocycles. The molecule has 0 fully saturated rings. The van der Waals surface area contributed by atoms with E-state index >= 15 is 0 Å². The van der Waals surface area contributed by atoms with Crippen LogP contribution in [0.5, 0.6) is 5.75 Å². The van der Waals surface area contributed by atoms with Crippen LogP contribution in [0, 0.1) is 0 Å². The Morgan fingerprint density at radius 3 is 2.90 bits per heavy atom. The molecule has 3 rings (SSSR count). The fraction of sp³-hybridized carbons (Fsp3) is 0.188. The van der Waals surface area contributed by atoms with E-state index in [1.165, 1.54) is 0 Å². The second-order valence-electron chi connectivity index (χ2n) is 4.78. The standard InChI is InChI=1S/C16H16N2O3/c1-18-14-9-12(20-2)6-5-11(14)8-15(18)16(19)17-10-13-4-3-7-21-13/h3-9H,10H2,1-2H3,(H,17,19). The predicted molar refractivity (Wildman–Crippen MR) is 79.3 cm³/mol. The van der Waals surface area contributed by atoms with Gasteiger partial charge in [-0.2, -0.15) is 0 Å². The molecule has 5 nitrogen and oxygen atoms in total. The van der Waals surface area contributed by atoms with Crippen LogP contribution in [0.3, 0.4) is 0 Å². The molecular formula is C16H16N2O3. The maximum absolute atomic E-state index is 12.3. The van der Waals surface area contributed by atoms with E-state index in [0.29, 0.717) is 12.2 Å². The monoisotopic (exact) mass is 284 g/mol. The van der Waals surface area contributed by atoms with Crippen LogP contribution in [0.15, 0.2) is 47.1 Å². The second kappa shape index (κ2) is 5.36. The molecule has 2 aromatic heterocycles. The second-order valence-corrected chi connectivity index (χ2v) is 4.78. The number of amides is 1. The number of hydrogen-bond acceptors (Lipinski definition) is 3. The molecule has 108 valence electrons. The molecule has 1 amide bonds. The maximum atomic E-state index is 12.3. The summed E-state index contributed by atoms with van der Waals surface area (Å²) in [6.07, 6.45) is 1.59. The zero-order chi connectivity index (χ0) is 14.8. The van der Waals surface area contributed by atoms with Crippen LogP contribution >= 0.6 is 0 Å². The van der Waals surface area contributed by atoms with Crippen molar-refractivity contribution >= 4 is 16.8 Å². The Balaban J connectivity index is 1.85. The molecule has 0 radical (unpaired) electrons. The molecule has 0 saturated carbocycles. The summed E-state index contributed by atoms with van der Waals surface area (Å²) >= 11 is 0. The minimum atomic E-state index is -0.135. The van der Waals surface area contributed by atoms with Crippen LogP contribution in [0.2, 0.25) is 0 Å². The summed E-state index contributed by atoms with van der Waals surface area (Å²) < 4.78 is 12.3. The van der Waals surface area contributed by atoms with E-state index in [-0.39, 0.29) is 5.91 Å². The number of carbonyl (C=O) groups excluding carboxylic acids is 1. The molecule has 0 aliphatic carbocycles. The molecule has 0 unspecified atom stereocenters. The fourth-order valence-electron chi connectivity index (χ4n) is 2.33. The van der Waals surface area contributed by atoms with Gasteiger partial charge >= 0.3 is 0 Å². The predicted octanol–water partition coefficient (Wildman–Crippen LogP) is 2.71. The molecule has 0 aliphatic heterocycles. The average molecular weight is 284 g/mol. The Morgan fingerprint density at radius 2 is 2.19 bits per heavy atom. The minimum absolute atomic E-state index is 0.135. The molecule has 1 aromatic carbocycles. The summed E-state index contributed by atoms with van der Waals surface area (Å²) in [6, 6.07) is 11.2. The Hall–Kier alpha value is -2.69. The zero-order valence-corrected chi connectivity index (χ0v) is 11.9. The van der Waals surface area contributed by atoms with Crippen molar-refractivity contribution in [1.82, 2.24) is 9.88 Å². The van der Waals surface area contributed by atoms with Gasteiger partial charge in [0.2, 0.25) is 0 Å². The highest BCUT2D eigenvalue weighted by Gasteiger charge is 2.14. The molecule has 21 heavy (non-hydrogen) atoms. The van der Waals surface area contributed by atoms with E-state index in [1.807, 2.05) is 41.9 Å². The van der Waals surface area contributed by atoms with Gasteiger partial charge in [-0.05, 0) is 30.3 Å². The molecular weight excluding hydrogens is 268 g/mol.